The molecule has 4 rings (SSSR count). The molecule has 3 heterocycles. The Balaban J connectivity index is 1.62. The van der Waals surface area contributed by atoms with E-state index in [2.05, 4.69) is 4.98 Å². The second-order valence-corrected chi connectivity index (χ2v) is 8.58. The van der Waals surface area contributed by atoms with Crippen LogP contribution in [0.5, 0.6) is 5.75 Å². The molecule has 0 spiro atoms. The Morgan fingerprint density at radius 1 is 1.19 bits per heavy atom. The zero-order valence-electron chi connectivity index (χ0n) is 15.3. The number of hydrogen-bond acceptors (Lipinski definition) is 5. The van der Waals surface area contributed by atoms with Crippen LogP contribution in [0.1, 0.15) is 34.6 Å². The number of fused-ring (bicyclic) bond motifs is 3. The van der Waals surface area contributed by atoms with Crippen LogP contribution in [0.2, 0.25) is 0 Å². The lowest BCUT2D eigenvalue weighted by Crippen LogP contribution is -2.49. The van der Waals surface area contributed by atoms with Gasteiger partial charge in [-0.1, -0.05) is 0 Å². The van der Waals surface area contributed by atoms with Crippen molar-refractivity contribution in [3.8, 4) is 5.75 Å². The molecule has 2 aliphatic heterocycles. The molecule has 27 heavy (non-hydrogen) atoms. The fourth-order valence-corrected chi connectivity index (χ4v) is 5.23. The van der Waals surface area contributed by atoms with Gasteiger partial charge in [0.05, 0.1) is 28.8 Å². The molecule has 7 nitrogen and oxygen atoms in total. The Labute approximate surface area is 158 Å². The van der Waals surface area contributed by atoms with Crippen molar-refractivity contribution >= 4 is 15.9 Å². The predicted molar refractivity (Wildman–Crippen MR) is 99.1 cm³/mol. The van der Waals surface area contributed by atoms with Crippen molar-refractivity contribution in [1.29, 1.82) is 0 Å². The molecule has 2 aliphatic rings. The zero-order valence-corrected chi connectivity index (χ0v) is 16.1. The van der Waals surface area contributed by atoms with E-state index in [4.69, 9.17) is 4.74 Å². The summed E-state index contributed by atoms with van der Waals surface area (Å²) in [6.07, 6.45) is 1.67. The number of nitrogens with zero attached hydrogens (tertiary/aromatic N) is 3. The molecule has 1 unspecified atom stereocenters. The standard InChI is InChI=1S/C19H21N3O4S/c1-3-26-14-4-6-15(7-5-14)27(24,25)21-10-11-22-17(12-21)16-8-9-20-13(2)18(16)19(22)23/h4-9,17H,3,10-12H2,1-2H3. The van der Waals surface area contributed by atoms with E-state index < -0.39 is 10.0 Å². The molecule has 0 bridgehead atoms. The number of piperazine rings is 1. The molecule has 1 aromatic carbocycles. The number of rotatable bonds is 4. The SMILES string of the molecule is CCOc1ccc(S(=O)(=O)N2CCN3C(=O)c4c(ccnc4C)C3C2)cc1. The van der Waals surface area contributed by atoms with Crippen LogP contribution in [0.15, 0.2) is 41.4 Å². The number of carbonyl (C=O) groups is 1. The van der Waals surface area contributed by atoms with Crippen molar-refractivity contribution in [3.63, 3.8) is 0 Å². The monoisotopic (exact) mass is 387 g/mol. The molecule has 142 valence electrons. The van der Waals surface area contributed by atoms with Gasteiger partial charge >= 0.3 is 0 Å². The van der Waals surface area contributed by atoms with Crippen molar-refractivity contribution in [3.05, 3.63) is 53.3 Å². The van der Waals surface area contributed by atoms with Crippen molar-refractivity contribution in [2.45, 2.75) is 24.8 Å². The van der Waals surface area contributed by atoms with Gasteiger partial charge in [-0.25, -0.2) is 8.42 Å². The van der Waals surface area contributed by atoms with Gasteiger partial charge in [0.2, 0.25) is 10.0 Å². The van der Waals surface area contributed by atoms with Crippen molar-refractivity contribution in [1.82, 2.24) is 14.2 Å². The molecule has 0 aliphatic carbocycles. The van der Waals surface area contributed by atoms with Crippen LogP contribution < -0.4 is 4.74 Å². The van der Waals surface area contributed by atoms with E-state index in [1.807, 2.05) is 19.9 Å². The van der Waals surface area contributed by atoms with E-state index in [0.717, 1.165) is 5.56 Å². The van der Waals surface area contributed by atoms with Crippen LogP contribution in [0.4, 0.5) is 0 Å². The minimum absolute atomic E-state index is 0.0567. The third kappa shape index (κ3) is 2.89. The summed E-state index contributed by atoms with van der Waals surface area (Å²) >= 11 is 0. The number of pyridine rings is 1. The molecule has 0 N–H and O–H groups in total. The van der Waals surface area contributed by atoms with E-state index in [0.29, 0.717) is 30.2 Å². The van der Waals surface area contributed by atoms with Gasteiger partial charge in [-0.3, -0.25) is 9.78 Å². The number of aryl methyl sites for hydroxylation is 1. The van der Waals surface area contributed by atoms with Crippen molar-refractivity contribution < 1.29 is 17.9 Å². The van der Waals surface area contributed by atoms with Gasteiger partial charge in [-0.05, 0) is 49.7 Å². The van der Waals surface area contributed by atoms with Gasteiger partial charge in [0, 0.05) is 25.8 Å². The van der Waals surface area contributed by atoms with Crippen LogP contribution >= 0.6 is 0 Å². The summed E-state index contributed by atoms with van der Waals surface area (Å²) in [5.41, 5.74) is 2.16. The maximum Gasteiger partial charge on any atom is 0.256 e. The first-order valence-electron chi connectivity index (χ1n) is 8.93. The van der Waals surface area contributed by atoms with Crippen LogP contribution in [0.3, 0.4) is 0 Å². The molecule has 0 saturated carbocycles. The smallest absolute Gasteiger partial charge is 0.256 e. The Morgan fingerprint density at radius 2 is 1.93 bits per heavy atom. The van der Waals surface area contributed by atoms with E-state index >= 15 is 0 Å². The van der Waals surface area contributed by atoms with Crippen LogP contribution in [0.25, 0.3) is 0 Å². The average Bonchev–Trinajstić information content (AvgIpc) is 2.96. The Kier molecular flexibility index (Phi) is 4.39. The Morgan fingerprint density at radius 3 is 2.63 bits per heavy atom. The van der Waals surface area contributed by atoms with E-state index in [-0.39, 0.29) is 29.9 Å². The quantitative estimate of drug-likeness (QED) is 0.802. The molecule has 1 amide bonds. The minimum atomic E-state index is -3.64. The summed E-state index contributed by atoms with van der Waals surface area (Å²) in [4.78, 5) is 18.9. The van der Waals surface area contributed by atoms with Crippen molar-refractivity contribution in [2.24, 2.45) is 0 Å². The molecular weight excluding hydrogens is 366 g/mol. The van der Waals surface area contributed by atoms with Gasteiger partial charge in [0.25, 0.3) is 5.91 Å². The van der Waals surface area contributed by atoms with Gasteiger partial charge in [-0.15, -0.1) is 0 Å². The number of aromatic nitrogens is 1. The highest BCUT2D eigenvalue weighted by Crippen LogP contribution is 2.38. The van der Waals surface area contributed by atoms with Gasteiger partial charge < -0.3 is 9.64 Å². The molecule has 1 atom stereocenters. The normalized spacial score (nSPS) is 19.7. The first-order valence-corrected chi connectivity index (χ1v) is 10.4. The molecule has 8 heteroatoms. The Bertz CT molecular complexity index is 989. The highest BCUT2D eigenvalue weighted by Gasteiger charge is 2.44. The second-order valence-electron chi connectivity index (χ2n) is 6.64. The summed E-state index contributed by atoms with van der Waals surface area (Å²) in [5, 5.41) is 0. The zero-order chi connectivity index (χ0) is 19.2. The first-order chi connectivity index (χ1) is 12.9. The van der Waals surface area contributed by atoms with Gasteiger partial charge in [-0.2, -0.15) is 4.31 Å². The number of amides is 1. The number of benzene rings is 1. The Hall–Kier alpha value is -2.45. The molecule has 1 fully saturated rings. The number of hydrogen-bond donors (Lipinski definition) is 0. The number of sulfonamides is 1. The number of ether oxygens (including phenoxy) is 1. The lowest BCUT2D eigenvalue weighted by molar-refractivity contribution is 0.0628. The van der Waals surface area contributed by atoms with Crippen molar-refractivity contribution in [2.75, 3.05) is 26.2 Å². The summed E-state index contributed by atoms with van der Waals surface area (Å²) in [6.45, 7) is 5.10. The van der Waals surface area contributed by atoms with Gasteiger partial charge in [0.1, 0.15) is 5.75 Å². The van der Waals surface area contributed by atoms with Crippen LogP contribution in [-0.2, 0) is 10.0 Å². The van der Waals surface area contributed by atoms with Crippen LogP contribution in [0, 0.1) is 6.92 Å². The van der Waals surface area contributed by atoms with Gasteiger partial charge in [0.15, 0.2) is 0 Å². The molecule has 1 aromatic heterocycles. The largest absolute Gasteiger partial charge is 0.494 e. The lowest BCUT2D eigenvalue weighted by Gasteiger charge is -2.37. The second kappa shape index (κ2) is 6.61. The van der Waals surface area contributed by atoms with E-state index in [1.54, 1.807) is 35.4 Å². The highest BCUT2D eigenvalue weighted by molar-refractivity contribution is 7.89. The molecule has 0 radical (unpaired) electrons. The fraction of sp³-hybridized carbons (Fsp3) is 0.368. The lowest BCUT2D eigenvalue weighted by atomic mass is 10.0. The first kappa shape index (κ1) is 17.9. The summed E-state index contributed by atoms with van der Waals surface area (Å²) in [5.74, 6) is 0.582. The van der Waals surface area contributed by atoms with E-state index in [1.165, 1.54) is 4.31 Å². The minimum Gasteiger partial charge on any atom is -0.494 e. The summed E-state index contributed by atoms with van der Waals surface area (Å²) in [6, 6.07) is 8.01. The summed E-state index contributed by atoms with van der Waals surface area (Å²) in [7, 11) is -3.64. The fourth-order valence-electron chi connectivity index (χ4n) is 3.79. The average molecular weight is 387 g/mol. The number of carbonyl (C=O) groups excluding carboxylic acids is 1. The predicted octanol–water partition coefficient (Wildman–Crippen LogP) is 1.99. The molecule has 2 aromatic rings. The molecule has 1 saturated heterocycles. The van der Waals surface area contributed by atoms with E-state index in [9.17, 15) is 13.2 Å². The maximum absolute atomic E-state index is 13.1. The van der Waals surface area contributed by atoms with Crippen LogP contribution in [-0.4, -0.2) is 54.8 Å². The molecular formula is C19H21N3O4S. The highest BCUT2D eigenvalue weighted by atomic mass is 32.2. The summed E-state index contributed by atoms with van der Waals surface area (Å²) < 4.78 is 33.0. The maximum atomic E-state index is 13.1. The third-order valence-corrected chi connectivity index (χ3v) is 7.00. The third-order valence-electron chi connectivity index (χ3n) is 5.12. The topological polar surface area (TPSA) is 79.8 Å².